The second-order valence-electron chi connectivity index (χ2n) is 4.81. The average molecular weight is 259 g/mol. The van der Waals surface area contributed by atoms with Crippen LogP contribution in [0.4, 0.5) is 0 Å². The quantitative estimate of drug-likeness (QED) is 0.899. The maximum atomic E-state index is 9.63. The number of benzene rings is 1. The molecule has 0 saturated heterocycles. The van der Waals surface area contributed by atoms with Crippen molar-refractivity contribution in [2.24, 2.45) is 0 Å². The number of ether oxygens (including phenoxy) is 1. The first-order chi connectivity index (χ1) is 9.26. The highest BCUT2D eigenvalue weighted by Gasteiger charge is 2.20. The molecule has 100 valence electrons. The summed E-state index contributed by atoms with van der Waals surface area (Å²) in [4.78, 5) is 4.54. The lowest BCUT2D eigenvalue weighted by Gasteiger charge is -2.16. The number of hydrogen-bond donors (Lipinski definition) is 1. The predicted octanol–water partition coefficient (Wildman–Crippen LogP) is 1.18. The van der Waals surface area contributed by atoms with Crippen molar-refractivity contribution in [1.29, 1.82) is 0 Å². The Kier molecular flexibility index (Phi) is 3.21. The van der Waals surface area contributed by atoms with Gasteiger partial charge in [-0.15, -0.1) is 0 Å². The minimum Gasteiger partial charge on any atom is -0.496 e. The predicted molar refractivity (Wildman–Crippen MR) is 70.1 cm³/mol. The Morgan fingerprint density at radius 3 is 3.11 bits per heavy atom. The van der Waals surface area contributed by atoms with Gasteiger partial charge in [0.25, 0.3) is 0 Å². The van der Waals surface area contributed by atoms with Gasteiger partial charge in [0, 0.05) is 18.4 Å². The third-order valence-electron chi connectivity index (χ3n) is 3.42. The van der Waals surface area contributed by atoms with Crippen LogP contribution in [0.1, 0.15) is 23.6 Å². The van der Waals surface area contributed by atoms with Gasteiger partial charge in [0.05, 0.1) is 19.8 Å². The van der Waals surface area contributed by atoms with Crippen molar-refractivity contribution in [3.63, 3.8) is 0 Å². The summed E-state index contributed by atoms with van der Waals surface area (Å²) in [6.07, 6.45) is 1.92. The number of methoxy groups -OCH3 is 1. The van der Waals surface area contributed by atoms with E-state index in [4.69, 9.17) is 4.74 Å². The van der Waals surface area contributed by atoms with Gasteiger partial charge < -0.3 is 9.84 Å². The molecule has 0 saturated carbocycles. The SMILES string of the molecule is COc1ccccc1Cc1nc2n(n1)CC(O)CC2. The van der Waals surface area contributed by atoms with E-state index >= 15 is 0 Å². The molecule has 1 aliphatic rings. The second kappa shape index (κ2) is 5.01. The average Bonchev–Trinajstić information content (AvgIpc) is 2.80. The normalized spacial score (nSPS) is 18.1. The molecule has 2 aromatic rings. The highest BCUT2D eigenvalue weighted by molar-refractivity contribution is 5.35. The van der Waals surface area contributed by atoms with Crippen molar-refractivity contribution in [3.05, 3.63) is 41.5 Å². The van der Waals surface area contributed by atoms with Crippen molar-refractivity contribution in [1.82, 2.24) is 14.8 Å². The summed E-state index contributed by atoms with van der Waals surface area (Å²) in [5, 5.41) is 14.1. The first-order valence-electron chi connectivity index (χ1n) is 6.49. The van der Waals surface area contributed by atoms with E-state index in [0.717, 1.165) is 35.8 Å². The topological polar surface area (TPSA) is 60.2 Å². The third-order valence-corrected chi connectivity index (χ3v) is 3.42. The molecule has 2 heterocycles. The lowest BCUT2D eigenvalue weighted by Crippen LogP contribution is -2.25. The number of aliphatic hydroxyl groups excluding tert-OH is 1. The smallest absolute Gasteiger partial charge is 0.155 e. The van der Waals surface area contributed by atoms with Crippen LogP contribution < -0.4 is 4.74 Å². The fourth-order valence-electron chi connectivity index (χ4n) is 2.44. The zero-order valence-corrected chi connectivity index (χ0v) is 10.9. The van der Waals surface area contributed by atoms with Crippen molar-refractivity contribution in [2.45, 2.75) is 31.9 Å². The molecule has 0 aliphatic carbocycles. The van der Waals surface area contributed by atoms with E-state index in [1.165, 1.54) is 0 Å². The maximum Gasteiger partial charge on any atom is 0.155 e. The highest BCUT2D eigenvalue weighted by atomic mass is 16.5. The Hall–Kier alpha value is -1.88. The fraction of sp³-hybridized carbons (Fsp3) is 0.429. The van der Waals surface area contributed by atoms with E-state index in [0.29, 0.717) is 13.0 Å². The Morgan fingerprint density at radius 1 is 1.42 bits per heavy atom. The van der Waals surface area contributed by atoms with E-state index in [1.54, 1.807) is 7.11 Å². The van der Waals surface area contributed by atoms with E-state index in [1.807, 2.05) is 28.9 Å². The largest absolute Gasteiger partial charge is 0.496 e. The molecule has 0 spiro atoms. The Morgan fingerprint density at radius 2 is 2.26 bits per heavy atom. The zero-order valence-electron chi connectivity index (χ0n) is 10.9. The van der Waals surface area contributed by atoms with Crippen LogP contribution in [0.15, 0.2) is 24.3 Å². The van der Waals surface area contributed by atoms with Gasteiger partial charge in [-0.1, -0.05) is 18.2 Å². The number of nitrogens with zero attached hydrogens (tertiary/aromatic N) is 3. The van der Waals surface area contributed by atoms with Crippen LogP contribution in [-0.2, 0) is 19.4 Å². The molecule has 1 aromatic carbocycles. The molecule has 3 rings (SSSR count). The van der Waals surface area contributed by atoms with E-state index < -0.39 is 0 Å². The Bertz CT molecular complexity index is 580. The van der Waals surface area contributed by atoms with Crippen LogP contribution in [0, 0.1) is 0 Å². The molecule has 1 N–H and O–H groups in total. The number of fused-ring (bicyclic) bond motifs is 1. The van der Waals surface area contributed by atoms with Crippen LogP contribution in [0.3, 0.4) is 0 Å². The molecule has 0 fully saturated rings. The molecular formula is C14H17N3O2. The number of hydrogen-bond acceptors (Lipinski definition) is 4. The van der Waals surface area contributed by atoms with Crippen LogP contribution in [0.25, 0.3) is 0 Å². The van der Waals surface area contributed by atoms with Gasteiger partial charge in [-0.25, -0.2) is 9.67 Å². The molecule has 5 nitrogen and oxygen atoms in total. The number of aliphatic hydroxyl groups is 1. The van der Waals surface area contributed by atoms with Gasteiger partial charge in [0.1, 0.15) is 11.6 Å². The fourth-order valence-corrected chi connectivity index (χ4v) is 2.44. The second-order valence-corrected chi connectivity index (χ2v) is 4.81. The molecule has 0 amide bonds. The summed E-state index contributed by atoms with van der Waals surface area (Å²) in [5.74, 6) is 2.61. The summed E-state index contributed by atoms with van der Waals surface area (Å²) in [6, 6.07) is 7.89. The molecule has 0 bridgehead atoms. The van der Waals surface area contributed by atoms with E-state index in [2.05, 4.69) is 10.1 Å². The van der Waals surface area contributed by atoms with Gasteiger partial charge in [-0.05, 0) is 12.5 Å². The molecule has 19 heavy (non-hydrogen) atoms. The lowest BCUT2D eigenvalue weighted by molar-refractivity contribution is 0.124. The van der Waals surface area contributed by atoms with Gasteiger partial charge in [-0.2, -0.15) is 5.10 Å². The summed E-state index contributed by atoms with van der Waals surface area (Å²) < 4.78 is 7.15. The molecule has 1 atom stereocenters. The van der Waals surface area contributed by atoms with Gasteiger partial charge >= 0.3 is 0 Å². The number of para-hydroxylation sites is 1. The van der Waals surface area contributed by atoms with Gasteiger partial charge in [-0.3, -0.25) is 0 Å². The number of aryl methyl sites for hydroxylation is 1. The summed E-state index contributed by atoms with van der Waals surface area (Å²) >= 11 is 0. The van der Waals surface area contributed by atoms with Gasteiger partial charge in [0.2, 0.25) is 0 Å². The van der Waals surface area contributed by atoms with E-state index in [-0.39, 0.29) is 6.10 Å². The van der Waals surface area contributed by atoms with Crippen molar-refractivity contribution < 1.29 is 9.84 Å². The lowest BCUT2D eigenvalue weighted by atomic mass is 10.1. The minimum atomic E-state index is -0.298. The third kappa shape index (κ3) is 2.46. The first kappa shape index (κ1) is 12.2. The van der Waals surface area contributed by atoms with Crippen molar-refractivity contribution >= 4 is 0 Å². The molecule has 1 aromatic heterocycles. The van der Waals surface area contributed by atoms with Crippen molar-refractivity contribution in [2.75, 3.05) is 7.11 Å². The van der Waals surface area contributed by atoms with Crippen LogP contribution in [-0.4, -0.2) is 33.1 Å². The highest BCUT2D eigenvalue weighted by Crippen LogP contribution is 2.21. The molecule has 1 unspecified atom stereocenters. The molecule has 1 aliphatic heterocycles. The van der Waals surface area contributed by atoms with Crippen LogP contribution in [0.5, 0.6) is 5.75 Å². The summed E-state index contributed by atoms with van der Waals surface area (Å²) in [6.45, 7) is 0.550. The first-order valence-corrected chi connectivity index (χ1v) is 6.49. The van der Waals surface area contributed by atoms with Crippen LogP contribution >= 0.6 is 0 Å². The zero-order chi connectivity index (χ0) is 13.2. The Labute approximate surface area is 111 Å². The standard InChI is InChI=1S/C14H17N3O2/c1-19-12-5-3-2-4-10(12)8-13-15-14-7-6-11(18)9-17(14)16-13/h2-5,11,18H,6-9H2,1H3. The number of aromatic nitrogens is 3. The summed E-state index contributed by atoms with van der Waals surface area (Å²) in [7, 11) is 1.67. The van der Waals surface area contributed by atoms with E-state index in [9.17, 15) is 5.11 Å². The Balaban J connectivity index is 1.84. The summed E-state index contributed by atoms with van der Waals surface area (Å²) in [5.41, 5.74) is 1.08. The molecule has 5 heteroatoms. The molecule has 0 radical (unpaired) electrons. The van der Waals surface area contributed by atoms with Crippen molar-refractivity contribution in [3.8, 4) is 5.75 Å². The monoisotopic (exact) mass is 259 g/mol. The minimum absolute atomic E-state index is 0.298. The number of rotatable bonds is 3. The van der Waals surface area contributed by atoms with Crippen LogP contribution in [0.2, 0.25) is 0 Å². The molecular weight excluding hydrogens is 242 g/mol. The maximum absolute atomic E-state index is 9.63. The van der Waals surface area contributed by atoms with Gasteiger partial charge in [0.15, 0.2) is 5.82 Å².